The molecule has 2 aromatic rings. The molecule has 0 saturated heterocycles. The van der Waals surface area contributed by atoms with E-state index in [4.69, 9.17) is 0 Å². The molecule has 1 aliphatic rings. The van der Waals surface area contributed by atoms with Gasteiger partial charge >= 0.3 is 0 Å². The number of hydrogen-bond acceptors (Lipinski definition) is 3. The number of thioether (sulfide) groups is 1. The summed E-state index contributed by atoms with van der Waals surface area (Å²) >= 11 is 1.79. The van der Waals surface area contributed by atoms with Gasteiger partial charge in [-0.25, -0.2) is 0 Å². The Morgan fingerprint density at radius 3 is 3.05 bits per heavy atom. The summed E-state index contributed by atoms with van der Waals surface area (Å²) in [7, 11) is 0. The van der Waals surface area contributed by atoms with Crippen LogP contribution in [0.5, 0.6) is 0 Å². The predicted octanol–water partition coefficient (Wildman–Crippen LogP) is 3.70. The summed E-state index contributed by atoms with van der Waals surface area (Å²) in [6, 6.07) is 8.46. The second-order valence-corrected chi connectivity index (χ2v) is 5.72. The summed E-state index contributed by atoms with van der Waals surface area (Å²) in [6.45, 7) is 2.21. The lowest BCUT2D eigenvalue weighted by molar-refractivity contribution is 0.874. The van der Waals surface area contributed by atoms with Crippen molar-refractivity contribution >= 4 is 24.0 Å². The highest BCUT2D eigenvalue weighted by Crippen LogP contribution is 2.24. The minimum Gasteiger partial charge on any atom is -0.281 e. The van der Waals surface area contributed by atoms with E-state index in [9.17, 15) is 0 Å². The van der Waals surface area contributed by atoms with Crippen LogP contribution in [0.2, 0.25) is 0 Å². The first-order valence-corrected chi connectivity index (χ1v) is 7.69. The van der Waals surface area contributed by atoms with Crippen molar-refractivity contribution in [1.29, 1.82) is 0 Å². The van der Waals surface area contributed by atoms with Crippen LogP contribution in [0.3, 0.4) is 0 Å². The fourth-order valence-corrected chi connectivity index (χ4v) is 3.19. The molecule has 19 heavy (non-hydrogen) atoms. The van der Waals surface area contributed by atoms with Gasteiger partial charge in [-0.15, -0.1) is 10.2 Å². The third-order valence-electron chi connectivity index (χ3n) is 3.27. The largest absolute Gasteiger partial charge is 0.281 e. The summed E-state index contributed by atoms with van der Waals surface area (Å²) in [5, 5.41) is 9.65. The van der Waals surface area contributed by atoms with Gasteiger partial charge in [-0.1, -0.05) is 49.4 Å². The average molecular weight is 271 g/mol. The molecule has 0 bridgehead atoms. The van der Waals surface area contributed by atoms with Crippen LogP contribution in [0.25, 0.3) is 12.3 Å². The Kier molecular flexibility index (Phi) is 3.69. The van der Waals surface area contributed by atoms with Gasteiger partial charge in [0.15, 0.2) is 5.16 Å². The Bertz CT molecular complexity index is 601. The van der Waals surface area contributed by atoms with Crippen LogP contribution in [-0.4, -0.2) is 20.5 Å². The molecule has 1 aliphatic heterocycles. The van der Waals surface area contributed by atoms with Crippen LogP contribution in [0, 0.1) is 0 Å². The van der Waals surface area contributed by atoms with Gasteiger partial charge < -0.3 is 0 Å². The maximum atomic E-state index is 4.34. The van der Waals surface area contributed by atoms with Gasteiger partial charge in [-0.3, -0.25) is 4.57 Å². The van der Waals surface area contributed by atoms with E-state index in [1.54, 1.807) is 11.8 Å². The normalized spacial score (nSPS) is 12.9. The molecule has 2 heterocycles. The van der Waals surface area contributed by atoms with Crippen LogP contribution in [-0.2, 0) is 6.42 Å². The first-order chi connectivity index (χ1) is 9.38. The van der Waals surface area contributed by atoms with E-state index in [0.29, 0.717) is 0 Å². The third-order valence-corrected chi connectivity index (χ3v) is 4.30. The van der Waals surface area contributed by atoms with Gasteiger partial charge in [-0.2, -0.15) is 0 Å². The van der Waals surface area contributed by atoms with Crippen molar-refractivity contribution in [3.05, 3.63) is 41.2 Å². The van der Waals surface area contributed by atoms with Gasteiger partial charge in [0.05, 0.1) is 0 Å². The van der Waals surface area contributed by atoms with Crippen molar-refractivity contribution < 1.29 is 0 Å². The SMILES string of the molecule is CCCCSc1nnc2n1C=Cc1ccccc1C2. The van der Waals surface area contributed by atoms with E-state index in [2.05, 4.69) is 58.2 Å². The van der Waals surface area contributed by atoms with Crippen molar-refractivity contribution in [2.24, 2.45) is 0 Å². The zero-order valence-corrected chi connectivity index (χ0v) is 11.9. The molecule has 0 fully saturated rings. The number of benzene rings is 1. The van der Waals surface area contributed by atoms with Gasteiger partial charge in [-0.05, 0) is 23.6 Å². The van der Waals surface area contributed by atoms with Crippen molar-refractivity contribution in [1.82, 2.24) is 14.8 Å². The van der Waals surface area contributed by atoms with Gasteiger partial charge in [0.1, 0.15) is 5.82 Å². The minimum absolute atomic E-state index is 0.852. The molecule has 4 heteroatoms. The van der Waals surface area contributed by atoms with Gasteiger partial charge in [0, 0.05) is 18.4 Å². The lowest BCUT2D eigenvalue weighted by Crippen LogP contribution is -1.97. The summed E-state index contributed by atoms with van der Waals surface area (Å²) in [5.74, 6) is 2.13. The van der Waals surface area contributed by atoms with Crippen LogP contribution < -0.4 is 0 Å². The molecule has 1 aromatic heterocycles. The number of aromatic nitrogens is 3. The fourth-order valence-electron chi connectivity index (χ4n) is 2.17. The van der Waals surface area contributed by atoms with Crippen LogP contribution in [0.15, 0.2) is 29.4 Å². The van der Waals surface area contributed by atoms with Crippen molar-refractivity contribution in [3.63, 3.8) is 0 Å². The number of fused-ring (bicyclic) bond motifs is 2. The Morgan fingerprint density at radius 2 is 2.16 bits per heavy atom. The van der Waals surface area contributed by atoms with Gasteiger partial charge in [0.25, 0.3) is 0 Å². The van der Waals surface area contributed by atoms with Crippen molar-refractivity contribution in [2.45, 2.75) is 31.3 Å². The maximum Gasteiger partial charge on any atom is 0.195 e. The zero-order valence-electron chi connectivity index (χ0n) is 11.0. The monoisotopic (exact) mass is 271 g/mol. The molecule has 3 rings (SSSR count). The Balaban J connectivity index is 1.88. The highest BCUT2D eigenvalue weighted by atomic mass is 32.2. The lowest BCUT2D eigenvalue weighted by atomic mass is 10.1. The van der Waals surface area contributed by atoms with Gasteiger partial charge in [0.2, 0.25) is 0 Å². The summed E-state index contributed by atoms with van der Waals surface area (Å²) in [6.07, 6.45) is 7.53. The van der Waals surface area contributed by atoms with E-state index in [0.717, 1.165) is 23.2 Å². The lowest BCUT2D eigenvalue weighted by Gasteiger charge is -2.02. The molecule has 0 amide bonds. The molecule has 0 atom stereocenters. The number of hydrogen-bond donors (Lipinski definition) is 0. The molecule has 1 aromatic carbocycles. The minimum atomic E-state index is 0.852. The topological polar surface area (TPSA) is 30.7 Å². The standard InChI is InChI=1S/C15H17N3S/c1-2-3-10-19-15-17-16-14-11-13-7-5-4-6-12(13)8-9-18(14)15/h4-9H,2-3,10-11H2,1H3. The maximum absolute atomic E-state index is 4.34. The van der Waals surface area contributed by atoms with Crippen molar-refractivity contribution in [3.8, 4) is 0 Å². The van der Waals surface area contributed by atoms with E-state index < -0.39 is 0 Å². The van der Waals surface area contributed by atoms with E-state index in [1.807, 2.05) is 0 Å². The van der Waals surface area contributed by atoms with Crippen molar-refractivity contribution in [2.75, 3.05) is 5.75 Å². The molecule has 98 valence electrons. The number of unbranched alkanes of at least 4 members (excludes halogenated alkanes) is 1. The third kappa shape index (κ3) is 2.59. The van der Waals surface area contributed by atoms with E-state index >= 15 is 0 Å². The van der Waals surface area contributed by atoms with E-state index in [-0.39, 0.29) is 0 Å². The first kappa shape index (κ1) is 12.5. The smallest absolute Gasteiger partial charge is 0.195 e. The Labute approximate surface area is 117 Å². The van der Waals surface area contributed by atoms with E-state index in [1.165, 1.54) is 24.0 Å². The molecular weight excluding hydrogens is 254 g/mol. The Hall–Kier alpha value is -1.55. The molecule has 0 N–H and O–H groups in total. The summed E-state index contributed by atoms with van der Waals surface area (Å²) in [5.41, 5.74) is 2.59. The molecule has 0 radical (unpaired) electrons. The predicted molar refractivity (Wildman–Crippen MR) is 80.1 cm³/mol. The zero-order chi connectivity index (χ0) is 13.1. The number of rotatable bonds is 4. The number of nitrogens with zero attached hydrogens (tertiary/aromatic N) is 3. The summed E-state index contributed by atoms with van der Waals surface area (Å²) < 4.78 is 2.13. The molecule has 3 nitrogen and oxygen atoms in total. The average Bonchev–Trinajstić information content (AvgIpc) is 2.70. The summed E-state index contributed by atoms with van der Waals surface area (Å²) in [4.78, 5) is 0. The van der Waals surface area contributed by atoms with Crippen LogP contribution >= 0.6 is 11.8 Å². The Morgan fingerprint density at radius 1 is 1.26 bits per heavy atom. The highest BCUT2D eigenvalue weighted by molar-refractivity contribution is 7.99. The molecule has 0 saturated carbocycles. The van der Waals surface area contributed by atoms with Crippen LogP contribution in [0.1, 0.15) is 36.7 Å². The molecule has 0 aliphatic carbocycles. The molecule has 0 spiro atoms. The first-order valence-electron chi connectivity index (χ1n) is 6.71. The van der Waals surface area contributed by atoms with Crippen LogP contribution in [0.4, 0.5) is 0 Å². The molecular formula is C15H17N3S. The highest BCUT2D eigenvalue weighted by Gasteiger charge is 2.14. The second kappa shape index (κ2) is 5.61. The molecule has 0 unspecified atom stereocenters. The second-order valence-electron chi connectivity index (χ2n) is 4.66. The fraction of sp³-hybridized carbons (Fsp3) is 0.333. The quantitative estimate of drug-likeness (QED) is 0.535.